The molecule has 1 aromatic carbocycles. The van der Waals surface area contributed by atoms with Crippen LogP contribution in [0.15, 0.2) is 30.5 Å². The lowest BCUT2D eigenvalue weighted by molar-refractivity contribution is 0.102. The van der Waals surface area contributed by atoms with E-state index in [2.05, 4.69) is 10.3 Å². The van der Waals surface area contributed by atoms with Gasteiger partial charge in [0.25, 0.3) is 5.91 Å². The molecular weight excluding hydrogens is 232 g/mol. The number of amides is 1. The van der Waals surface area contributed by atoms with Crippen molar-refractivity contribution < 1.29 is 9.53 Å². The van der Waals surface area contributed by atoms with Crippen molar-refractivity contribution in [2.45, 2.75) is 0 Å². The van der Waals surface area contributed by atoms with E-state index in [9.17, 15) is 4.79 Å². The first kappa shape index (κ1) is 10.4. The number of carbonyl (C=O) groups is 1. The summed E-state index contributed by atoms with van der Waals surface area (Å²) in [5.41, 5.74) is 13.1. The molecule has 18 heavy (non-hydrogen) atoms. The molecule has 0 unspecified atom stereocenters. The molecule has 0 bridgehead atoms. The molecule has 0 saturated heterocycles. The average molecular weight is 242 g/mol. The molecule has 3 rings (SSSR count). The number of nitrogens with one attached hydrogen (secondary N) is 1. The van der Waals surface area contributed by atoms with Gasteiger partial charge in [0.15, 0.2) is 5.75 Å². The normalized spacial score (nSPS) is 12.8. The standard InChI is InChI=1S/C12H10N4O2/c13-6-1-2-9-10(4-6)18-12-8(11(17)16-9)3-7(14)5-15-12/h1-5H,13-14H2,(H,16,17). The van der Waals surface area contributed by atoms with Crippen LogP contribution in [0.4, 0.5) is 17.1 Å². The van der Waals surface area contributed by atoms with E-state index in [1.54, 1.807) is 18.2 Å². The number of pyridine rings is 1. The van der Waals surface area contributed by atoms with Crippen molar-refractivity contribution in [3.05, 3.63) is 36.0 Å². The Morgan fingerprint density at radius 1 is 1.17 bits per heavy atom. The second-order valence-corrected chi connectivity index (χ2v) is 3.93. The van der Waals surface area contributed by atoms with E-state index in [0.29, 0.717) is 28.4 Å². The van der Waals surface area contributed by atoms with Crippen LogP contribution in [0.25, 0.3) is 0 Å². The molecule has 0 radical (unpaired) electrons. The van der Waals surface area contributed by atoms with Crippen LogP contribution < -0.4 is 21.5 Å². The lowest BCUT2D eigenvalue weighted by Crippen LogP contribution is -2.11. The Kier molecular flexibility index (Phi) is 2.09. The molecule has 0 spiro atoms. The van der Waals surface area contributed by atoms with Gasteiger partial charge in [0.1, 0.15) is 5.56 Å². The van der Waals surface area contributed by atoms with Crippen molar-refractivity contribution >= 4 is 23.0 Å². The summed E-state index contributed by atoms with van der Waals surface area (Å²) < 4.78 is 5.58. The van der Waals surface area contributed by atoms with Gasteiger partial charge in [-0.1, -0.05) is 0 Å². The van der Waals surface area contributed by atoms with E-state index in [1.165, 1.54) is 12.3 Å². The molecule has 1 amide bonds. The molecule has 1 aliphatic heterocycles. The third kappa shape index (κ3) is 1.60. The van der Waals surface area contributed by atoms with Crippen LogP contribution in [0.3, 0.4) is 0 Å². The molecule has 2 heterocycles. The summed E-state index contributed by atoms with van der Waals surface area (Å²) >= 11 is 0. The first-order valence-corrected chi connectivity index (χ1v) is 5.28. The van der Waals surface area contributed by atoms with Gasteiger partial charge in [0.05, 0.1) is 17.6 Å². The molecule has 0 aliphatic carbocycles. The van der Waals surface area contributed by atoms with E-state index in [-0.39, 0.29) is 11.8 Å². The molecule has 2 aromatic rings. The van der Waals surface area contributed by atoms with Crippen molar-refractivity contribution in [3.8, 4) is 11.6 Å². The predicted molar refractivity (Wildman–Crippen MR) is 67.5 cm³/mol. The quantitative estimate of drug-likeness (QED) is 0.609. The highest BCUT2D eigenvalue weighted by molar-refractivity contribution is 6.08. The Morgan fingerprint density at radius 3 is 2.83 bits per heavy atom. The summed E-state index contributed by atoms with van der Waals surface area (Å²) in [6.07, 6.45) is 1.43. The molecule has 6 nitrogen and oxygen atoms in total. The minimum Gasteiger partial charge on any atom is -0.436 e. The molecule has 1 aliphatic rings. The van der Waals surface area contributed by atoms with Crippen LogP contribution in [0, 0.1) is 0 Å². The third-order valence-corrected chi connectivity index (χ3v) is 2.58. The fourth-order valence-electron chi connectivity index (χ4n) is 1.73. The van der Waals surface area contributed by atoms with E-state index in [4.69, 9.17) is 16.2 Å². The van der Waals surface area contributed by atoms with Gasteiger partial charge in [-0.15, -0.1) is 0 Å². The van der Waals surface area contributed by atoms with E-state index in [1.807, 2.05) is 0 Å². The van der Waals surface area contributed by atoms with Gasteiger partial charge in [0, 0.05) is 11.8 Å². The number of hydrogen-bond acceptors (Lipinski definition) is 5. The second kappa shape index (κ2) is 3.63. The number of carbonyl (C=O) groups excluding carboxylic acids is 1. The lowest BCUT2D eigenvalue weighted by Gasteiger charge is -2.07. The zero-order valence-electron chi connectivity index (χ0n) is 9.31. The molecule has 90 valence electrons. The maximum atomic E-state index is 12.0. The number of benzene rings is 1. The number of nitrogen functional groups attached to an aromatic ring is 2. The van der Waals surface area contributed by atoms with Crippen LogP contribution >= 0.6 is 0 Å². The Hall–Kier alpha value is -2.76. The minimum absolute atomic E-state index is 0.214. The molecule has 6 heteroatoms. The molecule has 0 atom stereocenters. The van der Waals surface area contributed by atoms with Gasteiger partial charge < -0.3 is 21.5 Å². The number of anilines is 3. The van der Waals surface area contributed by atoms with Crippen molar-refractivity contribution in [2.75, 3.05) is 16.8 Å². The van der Waals surface area contributed by atoms with Gasteiger partial charge in [-0.25, -0.2) is 4.98 Å². The zero-order valence-corrected chi connectivity index (χ0v) is 9.31. The summed E-state index contributed by atoms with van der Waals surface area (Å²) in [6.45, 7) is 0. The van der Waals surface area contributed by atoms with E-state index >= 15 is 0 Å². The largest absolute Gasteiger partial charge is 0.436 e. The van der Waals surface area contributed by atoms with E-state index < -0.39 is 0 Å². The van der Waals surface area contributed by atoms with Crippen molar-refractivity contribution in [3.63, 3.8) is 0 Å². The predicted octanol–water partition coefficient (Wildman–Crippen LogP) is 1.60. The number of hydrogen-bond donors (Lipinski definition) is 3. The highest BCUT2D eigenvalue weighted by atomic mass is 16.5. The molecule has 0 fully saturated rings. The minimum atomic E-state index is -0.312. The summed E-state index contributed by atoms with van der Waals surface area (Å²) in [6, 6.07) is 6.51. The fraction of sp³-hybridized carbons (Fsp3) is 0. The Bertz CT molecular complexity index is 655. The Balaban J connectivity index is 2.17. The monoisotopic (exact) mass is 242 g/mol. The van der Waals surface area contributed by atoms with Gasteiger partial charge >= 0.3 is 0 Å². The zero-order chi connectivity index (χ0) is 12.7. The number of fused-ring (bicyclic) bond motifs is 2. The molecule has 1 aromatic heterocycles. The number of nitrogens with zero attached hydrogens (tertiary/aromatic N) is 1. The summed E-state index contributed by atoms with van der Waals surface area (Å²) in [7, 11) is 0. The van der Waals surface area contributed by atoms with Gasteiger partial charge in [-0.05, 0) is 18.2 Å². The maximum Gasteiger partial charge on any atom is 0.261 e. The second-order valence-electron chi connectivity index (χ2n) is 3.93. The lowest BCUT2D eigenvalue weighted by atomic mass is 10.2. The smallest absolute Gasteiger partial charge is 0.261 e. The summed E-state index contributed by atoms with van der Waals surface area (Å²) in [5.74, 6) is 0.360. The van der Waals surface area contributed by atoms with Crippen LogP contribution in [-0.4, -0.2) is 10.9 Å². The number of aromatic nitrogens is 1. The Labute approximate surface area is 103 Å². The first-order chi connectivity index (χ1) is 8.63. The van der Waals surface area contributed by atoms with Gasteiger partial charge in [-0.3, -0.25) is 4.79 Å². The van der Waals surface area contributed by atoms with Crippen molar-refractivity contribution in [2.24, 2.45) is 0 Å². The molecule has 5 N–H and O–H groups in total. The summed E-state index contributed by atoms with van der Waals surface area (Å²) in [4.78, 5) is 16.0. The van der Waals surface area contributed by atoms with Crippen LogP contribution in [0.2, 0.25) is 0 Å². The van der Waals surface area contributed by atoms with Crippen molar-refractivity contribution in [1.82, 2.24) is 4.98 Å². The van der Waals surface area contributed by atoms with Crippen LogP contribution in [-0.2, 0) is 0 Å². The fourth-order valence-corrected chi connectivity index (χ4v) is 1.73. The SMILES string of the molecule is Nc1ccc2c(c1)Oc1ncc(N)cc1C(=O)N2. The number of ether oxygens (including phenoxy) is 1. The Morgan fingerprint density at radius 2 is 2.00 bits per heavy atom. The average Bonchev–Trinajstić information content (AvgIpc) is 2.46. The van der Waals surface area contributed by atoms with Gasteiger partial charge in [-0.2, -0.15) is 0 Å². The molecule has 0 saturated carbocycles. The highest BCUT2D eigenvalue weighted by Gasteiger charge is 2.22. The number of nitrogens with two attached hydrogens (primary N) is 2. The van der Waals surface area contributed by atoms with E-state index in [0.717, 1.165) is 0 Å². The topological polar surface area (TPSA) is 103 Å². The van der Waals surface area contributed by atoms with Crippen LogP contribution in [0.1, 0.15) is 10.4 Å². The molecular formula is C12H10N4O2. The van der Waals surface area contributed by atoms with Gasteiger partial charge in [0.2, 0.25) is 5.88 Å². The third-order valence-electron chi connectivity index (χ3n) is 2.58. The maximum absolute atomic E-state index is 12.0. The first-order valence-electron chi connectivity index (χ1n) is 5.28. The summed E-state index contributed by atoms with van der Waals surface area (Å²) in [5, 5.41) is 2.72. The van der Waals surface area contributed by atoms with Crippen LogP contribution in [0.5, 0.6) is 11.6 Å². The highest BCUT2D eigenvalue weighted by Crippen LogP contribution is 2.35. The van der Waals surface area contributed by atoms with Crippen molar-refractivity contribution in [1.29, 1.82) is 0 Å². The number of rotatable bonds is 0.